The zero-order chi connectivity index (χ0) is 12.3. The van der Waals surface area contributed by atoms with Crippen LogP contribution in [0.2, 0.25) is 0 Å². The molecule has 0 unspecified atom stereocenters. The molecule has 0 saturated heterocycles. The Morgan fingerprint density at radius 2 is 2.53 bits per heavy atom. The number of thiophene rings is 1. The highest BCUT2D eigenvalue weighted by Crippen LogP contribution is 2.22. The smallest absolute Gasteiger partial charge is 0.307 e. The van der Waals surface area contributed by atoms with Crippen LogP contribution in [0.3, 0.4) is 0 Å². The van der Waals surface area contributed by atoms with E-state index in [9.17, 15) is 4.79 Å². The molecule has 2 aromatic rings. The molecule has 1 N–H and O–H groups in total. The second-order valence-electron chi connectivity index (χ2n) is 3.31. The molecule has 0 radical (unpaired) electrons. The average molecular weight is 269 g/mol. The van der Waals surface area contributed by atoms with Crippen molar-refractivity contribution in [1.82, 2.24) is 14.8 Å². The van der Waals surface area contributed by atoms with Crippen molar-refractivity contribution in [3.8, 4) is 10.7 Å². The van der Waals surface area contributed by atoms with Gasteiger partial charge in [0, 0.05) is 6.54 Å². The summed E-state index contributed by atoms with van der Waals surface area (Å²) in [5, 5.41) is 8.87. The Morgan fingerprint density at radius 1 is 1.71 bits per heavy atom. The lowest BCUT2D eigenvalue weighted by atomic mass is 10.4. The average Bonchev–Trinajstić information content (AvgIpc) is 2.95. The lowest BCUT2D eigenvalue weighted by Crippen LogP contribution is -2.08. The van der Waals surface area contributed by atoms with Gasteiger partial charge in [0.15, 0.2) is 10.6 Å². The fourth-order valence-electron chi connectivity index (χ4n) is 1.42. The maximum atomic E-state index is 11.1. The first-order valence-corrected chi connectivity index (χ1v) is 6.27. The summed E-state index contributed by atoms with van der Waals surface area (Å²) < 4.78 is 6.92. The molecule has 0 fully saturated rings. The van der Waals surface area contributed by atoms with Crippen LogP contribution in [0.4, 0.5) is 0 Å². The summed E-state index contributed by atoms with van der Waals surface area (Å²) in [6, 6.07) is 3.91. The van der Waals surface area contributed by atoms with Crippen molar-refractivity contribution < 1.29 is 9.53 Å². The number of carbonyl (C=O) groups is 1. The van der Waals surface area contributed by atoms with Crippen LogP contribution in [0.15, 0.2) is 17.5 Å². The van der Waals surface area contributed by atoms with Crippen molar-refractivity contribution in [2.45, 2.75) is 13.0 Å². The quantitative estimate of drug-likeness (QED) is 0.683. The van der Waals surface area contributed by atoms with E-state index in [-0.39, 0.29) is 12.4 Å². The zero-order valence-electron chi connectivity index (χ0n) is 9.17. The number of aromatic nitrogens is 3. The number of H-pyrrole nitrogens is 1. The molecular formula is C10H11N3O2S2. The number of rotatable bonds is 4. The van der Waals surface area contributed by atoms with E-state index in [1.54, 1.807) is 15.9 Å². The van der Waals surface area contributed by atoms with E-state index < -0.39 is 0 Å². The standard InChI is InChI=1S/C10H11N3O2S2/c1-15-8(14)4-5-13-9(11-12-10(13)16)7-3-2-6-17-7/h2-3,6H,4-5H2,1H3,(H,12,16). The summed E-state index contributed by atoms with van der Waals surface area (Å²) in [5.41, 5.74) is 0. The zero-order valence-corrected chi connectivity index (χ0v) is 10.8. The molecule has 0 aromatic carbocycles. The Balaban J connectivity index is 2.24. The predicted octanol–water partition coefficient (Wildman–Crippen LogP) is 2.23. The molecule has 90 valence electrons. The lowest BCUT2D eigenvalue weighted by molar-refractivity contribution is -0.140. The minimum absolute atomic E-state index is 0.259. The maximum Gasteiger partial charge on any atom is 0.307 e. The van der Waals surface area contributed by atoms with Gasteiger partial charge in [-0.1, -0.05) is 6.07 Å². The first kappa shape index (κ1) is 12.0. The fraction of sp³-hybridized carbons (Fsp3) is 0.300. The SMILES string of the molecule is COC(=O)CCn1c(-c2cccs2)n[nH]c1=S. The third-order valence-electron chi connectivity index (χ3n) is 2.27. The molecule has 7 heteroatoms. The number of esters is 1. The number of nitrogens with one attached hydrogen (secondary N) is 1. The van der Waals surface area contributed by atoms with Gasteiger partial charge in [0.1, 0.15) is 0 Å². The molecule has 2 aromatic heterocycles. The van der Waals surface area contributed by atoms with E-state index in [1.165, 1.54) is 7.11 Å². The van der Waals surface area contributed by atoms with Gasteiger partial charge < -0.3 is 4.74 Å². The summed E-state index contributed by atoms with van der Waals surface area (Å²) in [4.78, 5) is 12.1. The van der Waals surface area contributed by atoms with Crippen LogP contribution in [0, 0.1) is 4.77 Å². The summed E-state index contributed by atoms with van der Waals surface area (Å²) >= 11 is 6.71. The third kappa shape index (κ3) is 2.62. The molecular weight excluding hydrogens is 258 g/mol. The Hall–Kier alpha value is -1.47. The van der Waals surface area contributed by atoms with Crippen LogP contribution < -0.4 is 0 Å². The van der Waals surface area contributed by atoms with Gasteiger partial charge in [-0.2, -0.15) is 5.10 Å². The Labute approximate surface area is 107 Å². The largest absolute Gasteiger partial charge is 0.469 e. The van der Waals surface area contributed by atoms with Gasteiger partial charge in [-0.25, -0.2) is 0 Å². The van der Waals surface area contributed by atoms with Crippen molar-refractivity contribution in [3.63, 3.8) is 0 Å². The lowest BCUT2D eigenvalue weighted by Gasteiger charge is -2.04. The summed E-state index contributed by atoms with van der Waals surface area (Å²) in [5.74, 6) is 0.499. The molecule has 5 nitrogen and oxygen atoms in total. The van der Waals surface area contributed by atoms with Crippen LogP contribution in [-0.4, -0.2) is 27.8 Å². The van der Waals surface area contributed by atoms with Gasteiger partial charge >= 0.3 is 5.97 Å². The van der Waals surface area contributed by atoms with Gasteiger partial charge in [-0.15, -0.1) is 11.3 Å². The molecule has 2 heterocycles. The molecule has 0 atom stereocenters. The first-order valence-electron chi connectivity index (χ1n) is 4.98. The maximum absolute atomic E-state index is 11.1. The second kappa shape index (κ2) is 5.24. The van der Waals surface area contributed by atoms with E-state index in [4.69, 9.17) is 12.2 Å². The summed E-state index contributed by atoms with van der Waals surface area (Å²) in [6.45, 7) is 0.468. The van der Waals surface area contributed by atoms with Crippen LogP contribution in [0.1, 0.15) is 6.42 Å². The normalized spacial score (nSPS) is 10.4. The number of ether oxygens (including phenoxy) is 1. The van der Waals surface area contributed by atoms with Crippen molar-refractivity contribution in [2.75, 3.05) is 7.11 Å². The molecule has 0 amide bonds. The van der Waals surface area contributed by atoms with Crippen molar-refractivity contribution >= 4 is 29.5 Å². The molecule has 17 heavy (non-hydrogen) atoms. The van der Waals surface area contributed by atoms with Crippen LogP contribution in [0.25, 0.3) is 10.7 Å². The topological polar surface area (TPSA) is 59.9 Å². The number of aromatic amines is 1. The number of nitrogens with zero attached hydrogens (tertiary/aromatic N) is 2. The Morgan fingerprint density at radius 3 is 3.18 bits per heavy atom. The van der Waals surface area contributed by atoms with E-state index in [1.807, 2.05) is 17.5 Å². The first-order chi connectivity index (χ1) is 8.22. The van der Waals surface area contributed by atoms with Gasteiger partial charge in [-0.05, 0) is 23.7 Å². The highest BCUT2D eigenvalue weighted by Gasteiger charge is 2.11. The highest BCUT2D eigenvalue weighted by molar-refractivity contribution is 7.71. The third-order valence-corrected chi connectivity index (χ3v) is 3.44. The van der Waals surface area contributed by atoms with Crippen LogP contribution in [0.5, 0.6) is 0 Å². The molecule has 0 bridgehead atoms. The fourth-order valence-corrected chi connectivity index (χ4v) is 2.37. The number of carbonyl (C=O) groups excluding carboxylic acids is 1. The molecule has 0 aliphatic carbocycles. The minimum Gasteiger partial charge on any atom is -0.469 e. The van der Waals surface area contributed by atoms with Gasteiger partial charge in [0.05, 0.1) is 18.4 Å². The molecule has 0 saturated carbocycles. The number of methoxy groups -OCH3 is 1. The van der Waals surface area contributed by atoms with Gasteiger partial charge in [0.25, 0.3) is 0 Å². The van der Waals surface area contributed by atoms with E-state index in [0.717, 1.165) is 10.7 Å². The predicted molar refractivity (Wildman–Crippen MR) is 67.4 cm³/mol. The van der Waals surface area contributed by atoms with Crippen LogP contribution >= 0.6 is 23.6 Å². The van der Waals surface area contributed by atoms with Crippen molar-refractivity contribution in [1.29, 1.82) is 0 Å². The summed E-state index contributed by atoms with van der Waals surface area (Å²) in [6.07, 6.45) is 0.280. The monoisotopic (exact) mass is 269 g/mol. The Bertz CT molecular complexity index is 556. The van der Waals surface area contributed by atoms with E-state index in [0.29, 0.717) is 11.3 Å². The molecule has 0 aliphatic rings. The molecule has 0 aliphatic heterocycles. The molecule has 0 spiro atoms. The van der Waals surface area contributed by atoms with Crippen molar-refractivity contribution in [2.24, 2.45) is 0 Å². The minimum atomic E-state index is -0.259. The summed E-state index contributed by atoms with van der Waals surface area (Å²) in [7, 11) is 1.37. The second-order valence-corrected chi connectivity index (χ2v) is 4.64. The van der Waals surface area contributed by atoms with Crippen molar-refractivity contribution in [3.05, 3.63) is 22.3 Å². The molecule has 2 rings (SSSR count). The Kier molecular flexibility index (Phi) is 3.70. The number of hydrogen-bond acceptors (Lipinski definition) is 5. The van der Waals surface area contributed by atoms with Crippen LogP contribution in [-0.2, 0) is 16.1 Å². The van der Waals surface area contributed by atoms with E-state index >= 15 is 0 Å². The van der Waals surface area contributed by atoms with E-state index in [2.05, 4.69) is 14.9 Å². The van der Waals surface area contributed by atoms with Gasteiger partial charge in [0.2, 0.25) is 0 Å². The highest BCUT2D eigenvalue weighted by atomic mass is 32.1. The number of hydrogen-bond donors (Lipinski definition) is 1. The van der Waals surface area contributed by atoms with Gasteiger partial charge in [-0.3, -0.25) is 14.5 Å².